The SMILES string of the molecule is CCCn1c(N2CCC(Cc3ccccc3)CC2)c(/C=C2/SC(=S)N(CCCOCC)C2=O)c(C)c(C#N)c1=O. The molecule has 212 valence electrons. The van der Waals surface area contributed by atoms with Crippen molar-refractivity contribution in [1.82, 2.24) is 9.47 Å². The fourth-order valence-electron chi connectivity index (χ4n) is 5.51. The third kappa shape index (κ3) is 6.68. The molecular weight excluding hydrogens is 541 g/mol. The maximum Gasteiger partial charge on any atom is 0.270 e. The Balaban J connectivity index is 1.67. The highest BCUT2D eigenvalue weighted by molar-refractivity contribution is 8.26. The second-order valence-electron chi connectivity index (χ2n) is 10.3. The molecule has 0 N–H and O–H groups in total. The number of nitrogens with zero attached hydrogens (tertiary/aromatic N) is 4. The molecule has 40 heavy (non-hydrogen) atoms. The molecule has 2 fully saturated rings. The lowest BCUT2D eigenvalue weighted by Gasteiger charge is -2.36. The average molecular weight is 579 g/mol. The van der Waals surface area contributed by atoms with Gasteiger partial charge in [-0.05, 0) is 69.1 Å². The summed E-state index contributed by atoms with van der Waals surface area (Å²) in [6, 6.07) is 12.7. The van der Waals surface area contributed by atoms with Crippen LogP contribution in [-0.4, -0.2) is 52.5 Å². The highest BCUT2D eigenvalue weighted by Gasteiger charge is 2.33. The van der Waals surface area contributed by atoms with Gasteiger partial charge in [-0.25, -0.2) is 0 Å². The van der Waals surface area contributed by atoms with Crippen LogP contribution in [0.25, 0.3) is 6.08 Å². The summed E-state index contributed by atoms with van der Waals surface area (Å²) >= 11 is 6.83. The Bertz CT molecular complexity index is 1360. The molecule has 1 aromatic heterocycles. The van der Waals surface area contributed by atoms with Crippen molar-refractivity contribution in [3.63, 3.8) is 0 Å². The van der Waals surface area contributed by atoms with Gasteiger partial charge < -0.3 is 9.64 Å². The zero-order chi connectivity index (χ0) is 28.6. The molecule has 0 saturated carbocycles. The molecule has 2 aromatic rings. The van der Waals surface area contributed by atoms with Gasteiger partial charge in [0.05, 0.1) is 4.91 Å². The zero-order valence-electron chi connectivity index (χ0n) is 23.6. The van der Waals surface area contributed by atoms with Crippen molar-refractivity contribution in [2.45, 2.75) is 59.4 Å². The number of carbonyl (C=O) groups excluding carboxylic acids is 1. The standard InChI is InChI=1S/C31H38N4O3S2/c1-4-14-34-28(33-16-12-24(13-17-33)19-23-10-7-6-8-11-23)25(22(3)26(21-32)29(34)36)20-27-30(37)35(31(39)40-27)15-9-18-38-5-2/h6-8,10-11,20,24H,4-5,9,12-19H2,1-3H3/b27-20+. The summed E-state index contributed by atoms with van der Waals surface area (Å²) in [6.45, 7) is 9.63. The Morgan fingerprint density at radius 3 is 2.52 bits per heavy atom. The number of aromatic nitrogens is 1. The number of benzene rings is 1. The molecule has 1 aromatic carbocycles. The smallest absolute Gasteiger partial charge is 0.270 e. The first kappa shape index (κ1) is 30.0. The lowest BCUT2D eigenvalue weighted by molar-refractivity contribution is -0.122. The molecule has 2 aliphatic heterocycles. The number of thiocarbonyl (C=S) groups is 1. The van der Waals surface area contributed by atoms with E-state index >= 15 is 0 Å². The van der Waals surface area contributed by atoms with Gasteiger partial charge in [-0.2, -0.15) is 5.26 Å². The maximum atomic E-state index is 13.5. The summed E-state index contributed by atoms with van der Waals surface area (Å²) in [7, 11) is 0. The Morgan fingerprint density at radius 2 is 1.88 bits per heavy atom. The Labute approximate surface area is 246 Å². The molecule has 0 unspecified atom stereocenters. The Kier molecular flexibility index (Phi) is 10.6. The minimum atomic E-state index is -0.260. The number of hydrogen-bond acceptors (Lipinski definition) is 7. The summed E-state index contributed by atoms with van der Waals surface area (Å²) in [5.41, 5.74) is 2.60. The number of rotatable bonds is 11. The topological polar surface area (TPSA) is 78.6 Å². The third-order valence-electron chi connectivity index (χ3n) is 7.60. The van der Waals surface area contributed by atoms with Crippen LogP contribution in [0.15, 0.2) is 40.0 Å². The summed E-state index contributed by atoms with van der Waals surface area (Å²) in [4.78, 5) is 31.3. The normalized spacial score (nSPS) is 17.2. The van der Waals surface area contributed by atoms with Crippen LogP contribution in [0.2, 0.25) is 0 Å². The van der Waals surface area contributed by atoms with E-state index in [1.165, 1.54) is 17.3 Å². The largest absolute Gasteiger partial charge is 0.382 e. The summed E-state index contributed by atoms with van der Waals surface area (Å²) in [5.74, 6) is 1.24. The van der Waals surface area contributed by atoms with E-state index in [1.807, 2.05) is 32.9 Å². The first-order valence-electron chi connectivity index (χ1n) is 14.2. The first-order valence-corrected chi connectivity index (χ1v) is 15.4. The van der Waals surface area contributed by atoms with Crippen molar-refractivity contribution in [3.05, 3.63) is 67.8 Å². The van der Waals surface area contributed by atoms with Crippen LogP contribution in [0.4, 0.5) is 5.82 Å². The molecule has 3 heterocycles. The van der Waals surface area contributed by atoms with Crippen LogP contribution in [0.5, 0.6) is 0 Å². The second-order valence-corrected chi connectivity index (χ2v) is 12.0. The monoisotopic (exact) mass is 578 g/mol. The van der Waals surface area contributed by atoms with Gasteiger partial charge in [0, 0.05) is 45.0 Å². The van der Waals surface area contributed by atoms with Crippen molar-refractivity contribution in [2.24, 2.45) is 5.92 Å². The van der Waals surface area contributed by atoms with E-state index in [4.69, 9.17) is 17.0 Å². The molecule has 7 nitrogen and oxygen atoms in total. The van der Waals surface area contributed by atoms with E-state index in [-0.39, 0.29) is 17.0 Å². The van der Waals surface area contributed by atoms with E-state index in [0.29, 0.717) is 53.4 Å². The van der Waals surface area contributed by atoms with Gasteiger partial charge in [0.25, 0.3) is 11.5 Å². The molecular formula is C31H38N4O3S2. The van der Waals surface area contributed by atoms with E-state index in [9.17, 15) is 14.9 Å². The van der Waals surface area contributed by atoms with E-state index in [1.54, 1.807) is 9.47 Å². The molecule has 9 heteroatoms. The predicted octanol–water partition coefficient (Wildman–Crippen LogP) is 5.53. The van der Waals surface area contributed by atoms with Gasteiger partial charge in [0.2, 0.25) is 0 Å². The van der Waals surface area contributed by atoms with Crippen molar-refractivity contribution < 1.29 is 9.53 Å². The first-order chi connectivity index (χ1) is 19.4. The number of carbonyl (C=O) groups is 1. The van der Waals surface area contributed by atoms with Gasteiger partial charge >= 0.3 is 0 Å². The highest BCUT2D eigenvalue weighted by atomic mass is 32.2. The number of pyridine rings is 1. The summed E-state index contributed by atoms with van der Waals surface area (Å²) < 4.78 is 7.70. The fourth-order valence-corrected chi connectivity index (χ4v) is 6.80. The van der Waals surface area contributed by atoms with Crippen LogP contribution in [0.3, 0.4) is 0 Å². The van der Waals surface area contributed by atoms with Gasteiger partial charge in [-0.15, -0.1) is 0 Å². The number of hydrogen-bond donors (Lipinski definition) is 0. The van der Waals surface area contributed by atoms with Crippen LogP contribution in [0.1, 0.15) is 61.8 Å². The molecule has 0 spiro atoms. The van der Waals surface area contributed by atoms with Gasteiger partial charge in [0.1, 0.15) is 21.8 Å². The maximum absolute atomic E-state index is 13.5. The van der Waals surface area contributed by atoms with Crippen LogP contribution < -0.4 is 10.5 Å². The number of piperidine rings is 1. The van der Waals surface area contributed by atoms with E-state index in [0.717, 1.165) is 50.2 Å². The summed E-state index contributed by atoms with van der Waals surface area (Å²) in [5, 5.41) is 9.92. The quantitative estimate of drug-likeness (QED) is 0.197. The van der Waals surface area contributed by atoms with Crippen LogP contribution in [0, 0.1) is 24.2 Å². The number of nitriles is 1. The number of ether oxygens (including phenoxy) is 1. The van der Waals surface area contributed by atoms with Gasteiger partial charge in [-0.3, -0.25) is 19.1 Å². The van der Waals surface area contributed by atoms with Crippen molar-refractivity contribution in [3.8, 4) is 6.07 Å². The fraction of sp³-hybridized carbons (Fsp3) is 0.484. The lowest BCUT2D eigenvalue weighted by atomic mass is 9.90. The minimum absolute atomic E-state index is 0.134. The molecule has 2 saturated heterocycles. The van der Waals surface area contributed by atoms with E-state index in [2.05, 4.69) is 35.2 Å². The molecule has 0 aliphatic carbocycles. The molecule has 1 amide bonds. The minimum Gasteiger partial charge on any atom is -0.382 e. The molecule has 0 atom stereocenters. The molecule has 0 radical (unpaired) electrons. The molecule has 4 rings (SSSR count). The second kappa shape index (κ2) is 14.1. The highest BCUT2D eigenvalue weighted by Crippen LogP contribution is 2.37. The third-order valence-corrected chi connectivity index (χ3v) is 8.98. The van der Waals surface area contributed by atoms with Crippen molar-refractivity contribution in [1.29, 1.82) is 5.26 Å². The van der Waals surface area contributed by atoms with Crippen molar-refractivity contribution in [2.75, 3.05) is 37.7 Å². The molecule has 2 aliphatic rings. The average Bonchev–Trinajstić information content (AvgIpc) is 3.22. The Morgan fingerprint density at radius 1 is 1.15 bits per heavy atom. The number of amides is 1. The lowest BCUT2D eigenvalue weighted by Crippen LogP contribution is -2.40. The zero-order valence-corrected chi connectivity index (χ0v) is 25.3. The Hall–Kier alpha value is -2.93. The number of anilines is 1. The number of thioether (sulfide) groups is 1. The summed E-state index contributed by atoms with van der Waals surface area (Å²) in [6.07, 6.45) is 6.38. The van der Waals surface area contributed by atoms with Crippen molar-refractivity contribution >= 4 is 46.1 Å². The molecule has 0 bridgehead atoms. The van der Waals surface area contributed by atoms with Gasteiger partial charge in [0.15, 0.2) is 0 Å². The van der Waals surface area contributed by atoms with E-state index < -0.39 is 0 Å². The predicted molar refractivity (Wildman–Crippen MR) is 167 cm³/mol. The van der Waals surface area contributed by atoms with Gasteiger partial charge in [-0.1, -0.05) is 61.2 Å². The van der Waals surface area contributed by atoms with Crippen LogP contribution >= 0.6 is 24.0 Å². The van der Waals surface area contributed by atoms with Crippen LogP contribution in [-0.2, 0) is 22.5 Å².